The number of carbonyl (C=O) groups excluding carboxylic acids is 2. The number of methoxy groups -OCH3 is 2. The van der Waals surface area contributed by atoms with Crippen LogP contribution in [0, 0.1) is 0 Å². The number of carboxylic acid groups (broad SMARTS) is 1. The monoisotopic (exact) mass is 580 g/mol. The summed E-state index contributed by atoms with van der Waals surface area (Å²) in [7, 11) is 3.13. The summed E-state index contributed by atoms with van der Waals surface area (Å²) in [6.07, 6.45) is -1.41. The molecule has 2 amide bonds. The molecule has 1 atom stereocenters. The molecule has 1 aliphatic rings. The summed E-state index contributed by atoms with van der Waals surface area (Å²) in [5.41, 5.74) is 5.75. The molecule has 0 bridgehead atoms. The molecule has 1 aliphatic carbocycles. The minimum absolute atomic E-state index is 0.0232. The van der Waals surface area contributed by atoms with Crippen molar-refractivity contribution in [3.63, 3.8) is 0 Å². The number of aliphatic carboxylic acids is 1. The van der Waals surface area contributed by atoms with Gasteiger partial charge >= 0.3 is 12.1 Å². The number of hydrogen-bond acceptors (Lipinski definition) is 6. The van der Waals surface area contributed by atoms with Crippen molar-refractivity contribution in [2.75, 3.05) is 20.8 Å². The second-order valence-corrected chi connectivity index (χ2v) is 10.1. The number of benzene rings is 4. The number of carbonyl (C=O) groups is 3. The maximum absolute atomic E-state index is 13.2. The molecule has 0 heterocycles. The normalized spacial score (nSPS) is 12.5. The van der Waals surface area contributed by atoms with E-state index in [2.05, 4.69) is 10.6 Å². The van der Waals surface area contributed by atoms with Gasteiger partial charge in [0.25, 0.3) is 0 Å². The Labute approximate surface area is 249 Å². The highest BCUT2D eigenvalue weighted by molar-refractivity contribution is 5.87. The maximum Gasteiger partial charge on any atom is 0.407 e. The van der Waals surface area contributed by atoms with Gasteiger partial charge in [0.1, 0.15) is 24.1 Å². The van der Waals surface area contributed by atoms with E-state index in [4.69, 9.17) is 14.2 Å². The average molecular weight is 581 g/mol. The number of fused-ring (bicyclic) bond motifs is 3. The summed E-state index contributed by atoms with van der Waals surface area (Å²) in [6, 6.07) is 28.1. The fraction of sp³-hybridized carbons (Fsp3) is 0.206. The highest BCUT2D eigenvalue weighted by Crippen LogP contribution is 2.44. The zero-order valence-electron chi connectivity index (χ0n) is 23.8. The van der Waals surface area contributed by atoms with Crippen molar-refractivity contribution >= 4 is 18.0 Å². The molecule has 0 radical (unpaired) electrons. The van der Waals surface area contributed by atoms with E-state index in [0.29, 0.717) is 11.5 Å². The third-order valence-corrected chi connectivity index (χ3v) is 7.53. The molecule has 4 aromatic rings. The summed E-state index contributed by atoms with van der Waals surface area (Å²) >= 11 is 0. The van der Waals surface area contributed by atoms with Crippen LogP contribution in [0.5, 0.6) is 11.5 Å². The second kappa shape index (κ2) is 13.1. The maximum atomic E-state index is 13.2. The van der Waals surface area contributed by atoms with Gasteiger partial charge in [0, 0.05) is 5.92 Å². The van der Waals surface area contributed by atoms with Gasteiger partial charge in [-0.15, -0.1) is 0 Å². The summed E-state index contributed by atoms with van der Waals surface area (Å²) in [5, 5.41) is 15.1. The molecule has 0 aromatic heterocycles. The Morgan fingerprint density at radius 2 is 1.21 bits per heavy atom. The van der Waals surface area contributed by atoms with Crippen molar-refractivity contribution in [3.05, 3.63) is 119 Å². The third kappa shape index (κ3) is 6.62. The molecule has 0 saturated carbocycles. The Bertz CT molecular complexity index is 1510. The quantitative estimate of drug-likeness (QED) is 0.220. The van der Waals surface area contributed by atoms with Crippen LogP contribution in [0.1, 0.15) is 40.6 Å². The number of hydrogen-bond donors (Lipinski definition) is 3. The van der Waals surface area contributed by atoms with Gasteiger partial charge in [0.15, 0.2) is 0 Å². The summed E-state index contributed by atoms with van der Waals surface area (Å²) < 4.78 is 16.0. The summed E-state index contributed by atoms with van der Waals surface area (Å²) in [4.78, 5) is 38.0. The van der Waals surface area contributed by atoms with Crippen molar-refractivity contribution in [3.8, 4) is 22.6 Å². The molecule has 0 saturated heterocycles. The molecule has 3 N–H and O–H groups in total. The lowest BCUT2D eigenvalue weighted by Crippen LogP contribution is -2.45. The van der Waals surface area contributed by atoms with Gasteiger partial charge in [0.2, 0.25) is 5.91 Å². The van der Waals surface area contributed by atoms with Gasteiger partial charge < -0.3 is 30.0 Å². The van der Waals surface area contributed by atoms with Crippen molar-refractivity contribution in [2.24, 2.45) is 0 Å². The first-order valence-electron chi connectivity index (χ1n) is 13.8. The van der Waals surface area contributed by atoms with E-state index in [1.807, 2.05) is 72.8 Å². The van der Waals surface area contributed by atoms with Crippen LogP contribution in [-0.4, -0.2) is 49.9 Å². The molecule has 220 valence electrons. The largest absolute Gasteiger partial charge is 0.497 e. The Kier molecular flexibility index (Phi) is 8.90. The Hall–Kier alpha value is -5.31. The van der Waals surface area contributed by atoms with Crippen molar-refractivity contribution < 1.29 is 33.7 Å². The number of carboxylic acids is 1. The van der Waals surface area contributed by atoms with Gasteiger partial charge in [-0.25, -0.2) is 9.59 Å². The standard InChI is InChI=1S/C34H32N2O7/c1-41-23-15-11-21(12-16-23)32(22-13-17-24(42-2)18-14-22)36-31(37)19-30(33(38)39)35-34(40)43-20-29-27-9-5-3-7-25(27)26-8-4-6-10-28(26)29/h3-18,29-30,32H,19-20H2,1-2H3,(H,35,40)(H,36,37)(H,38,39)/t30-/m0/s1. The summed E-state index contributed by atoms with van der Waals surface area (Å²) in [5.74, 6) is -0.792. The Morgan fingerprint density at radius 3 is 1.67 bits per heavy atom. The van der Waals surface area contributed by atoms with Crippen LogP contribution in [0.3, 0.4) is 0 Å². The molecule has 4 aromatic carbocycles. The molecular formula is C34H32N2O7. The molecule has 0 aliphatic heterocycles. The van der Waals surface area contributed by atoms with Gasteiger partial charge in [-0.3, -0.25) is 4.79 Å². The van der Waals surface area contributed by atoms with Gasteiger partial charge in [-0.05, 0) is 57.6 Å². The number of rotatable bonds is 11. The van der Waals surface area contributed by atoms with Crippen LogP contribution in [0.2, 0.25) is 0 Å². The van der Waals surface area contributed by atoms with E-state index >= 15 is 0 Å². The fourth-order valence-corrected chi connectivity index (χ4v) is 5.34. The van der Waals surface area contributed by atoms with E-state index in [1.54, 1.807) is 38.5 Å². The molecule has 43 heavy (non-hydrogen) atoms. The zero-order valence-corrected chi connectivity index (χ0v) is 23.8. The SMILES string of the molecule is COc1ccc(C(NC(=O)C[C@H](NC(=O)OCC2c3ccccc3-c3ccccc32)C(=O)O)c2ccc(OC)cc2)cc1. The van der Waals surface area contributed by atoms with Crippen molar-refractivity contribution in [1.29, 1.82) is 0 Å². The van der Waals surface area contributed by atoms with Crippen molar-refractivity contribution in [2.45, 2.75) is 24.4 Å². The van der Waals surface area contributed by atoms with E-state index in [1.165, 1.54) is 0 Å². The Balaban J connectivity index is 1.25. The van der Waals surface area contributed by atoms with Crippen LogP contribution in [-0.2, 0) is 14.3 Å². The second-order valence-electron chi connectivity index (χ2n) is 10.1. The lowest BCUT2D eigenvalue weighted by Gasteiger charge is -2.22. The molecule has 9 heteroatoms. The van der Waals surface area contributed by atoms with Crippen LogP contribution in [0.4, 0.5) is 4.79 Å². The highest BCUT2D eigenvalue weighted by atomic mass is 16.5. The van der Waals surface area contributed by atoms with E-state index in [-0.39, 0.29) is 12.5 Å². The molecule has 0 spiro atoms. The Morgan fingerprint density at radius 1 is 0.721 bits per heavy atom. The predicted octanol–water partition coefficient (Wildman–Crippen LogP) is 5.29. The lowest BCUT2D eigenvalue weighted by molar-refractivity contribution is -0.141. The highest BCUT2D eigenvalue weighted by Gasteiger charge is 2.30. The van der Waals surface area contributed by atoms with Crippen molar-refractivity contribution in [1.82, 2.24) is 10.6 Å². The number of amides is 2. The fourth-order valence-electron chi connectivity index (χ4n) is 5.34. The molecule has 9 nitrogen and oxygen atoms in total. The lowest BCUT2D eigenvalue weighted by atomic mass is 9.98. The van der Waals surface area contributed by atoms with Gasteiger partial charge in [-0.2, -0.15) is 0 Å². The average Bonchev–Trinajstić information content (AvgIpc) is 3.36. The molecule has 0 unspecified atom stereocenters. The van der Waals surface area contributed by atoms with E-state index < -0.39 is 36.5 Å². The van der Waals surface area contributed by atoms with Crippen LogP contribution >= 0.6 is 0 Å². The van der Waals surface area contributed by atoms with E-state index in [9.17, 15) is 19.5 Å². The minimum atomic E-state index is -1.50. The van der Waals surface area contributed by atoms with Gasteiger partial charge in [0.05, 0.1) is 26.7 Å². The smallest absolute Gasteiger partial charge is 0.407 e. The minimum Gasteiger partial charge on any atom is -0.497 e. The molecule has 5 rings (SSSR count). The topological polar surface area (TPSA) is 123 Å². The van der Waals surface area contributed by atoms with Crippen LogP contribution < -0.4 is 20.1 Å². The van der Waals surface area contributed by atoms with Crippen LogP contribution in [0.25, 0.3) is 11.1 Å². The zero-order chi connectivity index (χ0) is 30.3. The van der Waals surface area contributed by atoms with Crippen LogP contribution in [0.15, 0.2) is 97.1 Å². The first kappa shape index (κ1) is 29.2. The third-order valence-electron chi connectivity index (χ3n) is 7.53. The van der Waals surface area contributed by atoms with E-state index in [0.717, 1.165) is 33.4 Å². The van der Waals surface area contributed by atoms with Gasteiger partial charge in [-0.1, -0.05) is 72.8 Å². The predicted molar refractivity (Wildman–Crippen MR) is 160 cm³/mol. The number of ether oxygens (including phenoxy) is 3. The first-order valence-corrected chi connectivity index (χ1v) is 13.8. The molecule has 0 fully saturated rings. The first-order chi connectivity index (χ1) is 20.9. The number of nitrogens with one attached hydrogen (secondary N) is 2. The summed E-state index contributed by atoms with van der Waals surface area (Å²) in [6.45, 7) is 0.0232. The number of alkyl carbamates (subject to hydrolysis) is 1. The molecular weight excluding hydrogens is 548 g/mol.